The number of primary amides is 2. The van der Waals surface area contributed by atoms with Crippen molar-refractivity contribution in [1.82, 2.24) is 0 Å². The van der Waals surface area contributed by atoms with Gasteiger partial charge < -0.3 is 16.6 Å². The van der Waals surface area contributed by atoms with Gasteiger partial charge >= 0.3 is 0 Å². The van der Waals surface area contributed by atoms with Crippen LogP contribution in [0.3, 0.4) is 0 Å². The van der Waals surface area contributed by atoms with Crippen molar-refractivity contribution in [2.75, 3.05) is 0 Å². The van der Waals surface area contributed by atoms with Crippen LogP contribution in [0.2, 0.25) is 0 Å². The van der Waals surface area contributed by atoms with E-state index >= 15 is 0 Å². The smallest absolute Gasteiger partial charge is 0.294 e. The lowest BCUT2D eigenvalue weighted by Gasteiger charge is -2.10. The number of hydrogen-bond acceptors (Lipinski definition) is 5. The lowest BCUT2D eigenvalue weighted by atomic mass is 9.98. The van der Waals surface area contributed by atoms with Crippen LogP contribution in [-0.2, 0) is 10.1 Å². The number of carbonyl (C=O) groups is 2. The van der Waals surface area contributed by atoms with E-state index in [1.807, 2.05) is 0 Å². The first kappa shape index (κ1) is 14.8. The summed E-state index contributed by atoms with van der Waals surface area (Å²) in [6, 6.07) is 4.35. The number of hydrogen-bond donors (Lipinski definition) is 4. The molecule has 2 aromatic rings. The van der Waals surface area contributed by atoms with E-state index in [-0.39, 0.29) is 21.9 Å². The van der Waals surface area contributed by atoms with E-state index in [9.17, 15) is 23.1 Å². The van der Waals surface area contributed by atoms with Crippen molar-refractivity contribution in [3.05, 3.63) is 35.4 Å². The quantitative estimate of drug-likeness (QED) is 0.583. The van der Waals surface area contributed by atoms with Crippen molar-refractivity contribution < 1.29 is 27.7 Å². The predicted molar refractivity (Wildman–Crippen MR) is 72.5 cm³/mol. The fraction of sp³-hybridized carbons (Fsp3) is 0. The first-order chi connectivity index (χ1) is 9.62. The fourth-order valence-electron chi connectivity index (χ4n) is 1.97. The minimum atomic E-state index is -4.47. The molecule has 8 nitrogen and oxygen atoms in total. The minimum Gasteiger partial charge on any atom is -0.506 e. The average Bonchev–Trinajstić information content (AvgIpc) is 2.35. The summed E-state index contributed by atoms with van der Waals surface area (Å²) >= 11 is 0. The van der Waals surface area contributed by atoms with Crippen molar-refractivity contribution in [3.63, 3.8) is 0 Å². The van der Waals surface area contributed by atoms with Crippen molar-refractivity contribution in [2.45, 2.75) is 4.90 Å². The van der Waals surface area contributed by atoms with Gasteiger partial charge in [0.05, 0.1) is 16.0 Å². The molecule has 0 aliphatic heterocycles. The van der Waals surface area contributed by atoms with E-state index in [0.717, 1.165) is 18.2 Å². The van der Waals surface area contributed by atoms with Gasteiger partial charge in [-0.3, -0.25) is 14.1 Å². The summed E-state index contributed by atoms with van der Waals surface area (Å²) in [5.41, 5.74) is 9.49. The Balaban J connectivity index is 2.96. The molecule has 9 heteroatoms. The van der Waals surface area contributed by atoms with Gasteiger partial charge in [0.1, 0.15) is 5.75 Å². The maximum absolute atomic E-state index is 11.4. The molecule has 0 aliphatic rings. The summed E-state index contributed by atoms with van der Waals surface area (Å²) in [5.74, 6) is -2.71. The minimum absolute atomic E-state index is 0.102. The Bertz CT molecular complexity index is 888. The normalized spacial score (nSPS) is 11.5. The molecule has 0 saturated carbocycles. The van der Waals surface area contributed by atoms with Gasteiger partial charge in [0.15, 0.2) is 0 Å². The summed E-state index contributed by atoms with van der Waals surface area (Å²) in [7, 11) is -4.47. The van der Waals surface area contributed by atoms with E-state index < -0.39 is 32.6 Å². The Kier molecular flexibility index (Phi) is 3.32. The first-order valence-corrected chi connectivity index (χ1v) is 6.93. The Hall–Kier alpha value is -2.65. The van der Waals surface area contributed by atoms with Crippen LogP contribution in [0, 0.1) is 0 Å². The molecule has 6 N–H and O–H groups in total. The fourth-order valence-corrected chi connectivity index (χ4v) is 2.49. The molecule has 110 valence electrons. The summed E-state index contributed by atoms with van der Waals surface area (Å²) < 4.78 is 31.2. The van der Waals surface area contributed by atoms with Crippen LogP contribution < -0.4 is 11.5 Å². The second-order valence-corrected chi connectivity index (χ2v) is 5.66. The average molecular weight is 310 g/mol. The predicted octanol–water partition coefficient (Wildman–Crippen LogP) is -0.0101. The van der Waals surface area contributed by atoms with Gasteiger partial charge in [-0.25, -0.2) is 0 Å². The molecule has 0 unspecified atom stereocenters. The van der Waals surface area contributed by atoms with Crippen LogP contribution in [0.25, 0.3) is 10.8 Å². The molecule has 0 spiro atoms. The third-order valence-corrected chi connectivity index (χ3v) is 3.74. The number of rotatable bonds is 3. The summed E-state index contributed by atoms with van der Waals surface area (Å²) in [4.78, 5) is 22.3. The number of aromatic hydroxyl groups is 1. The number of nitrogens with two attached hydrogens (primary N) is 2. The van der Waals surface area contributed by atoms with Crippen LogP contribution in [0.5, 0.6) is 5.75 Å². The lowest BCUT2D eigenvalue weighted by molar-refractivity contribution is 0.0997. The van der Waals surface area contributed by atoms with Gasteiger partial charge in [-0.15, -0.1) is 0 Å². The second-order valence-electron chi connectivity index (χ2n) is 4.23. The van der Waals surface area contributed by atoms with Gasteiger partial charge in [0, 0.05) is 0 Å². The molecule has 0 aliphatic carbocycles. The van der Waals surface area contributed by atoms with Crippen molar-refractivity contribution in [2.24, 2.45) is 11.5 Å². The van der Waals surface area contributed by atoms with Crippen LogP contribution in [0.4, 0.5) is 0 Å². The Labute approximate surface area is 118 Å². The van der Waals surface area contributed by atoms with Gasteiger partial charge in [-0.2, -0.15) is 8.42 Å². The van der Waals surface area contributed by atoms with E-state index in [2.05, 4.69) is 0 Å². The maximum Gasteiger partial charge on any atom is 0.294 e. The van der Waals surface area contributed by atoms with Gasteiger partial charge in [0.25, 0.3) is 21.9 Å². The van der Waals surface area contributed by atoms with Crippen LogP contribution in [0.15, 0.2) is 29.2 Å². The summed E-state index contributed by atoms with van der Waals surface area (Å²) in [5, 5.41) is 10.1. The van der Waals surface area contributed by atoms with Crippen LogP contribution >= 0.6 is 0 Å². The third-order valence-electron chi connectivity index (χ3n) is 2.89. The molecule has 0 heterocycles. The number of carbonyl (C=O) groups excluding carboxylic acids is 2. The van der Waals surface area contributed by atoms with Gasteiger partial charge in [0.2, 0.25) is 0 Å². The first-order valence-electron chi connectivity index (χ1n) is 5.49. The zero-order valence-corrected chi connectivity index (χ0v) is 11.2. The molecule has 0 bridgehead atoms. The van der Waals surface area contributed by atoms with E-state index in [1.165, 1.54) is 6.07 Å². The molecule has 0 aromatic heterocycles. The number of phenols is 1. The Morgan fingerprint density at radius 3 is 2.14 bits per heavy atom. The van der Waals surface area contributed by atoms with Gasteiger partial charge in [-0.1, -0.05) is 6.07 Å². The van der Waals surface area contributed by atoms with E-state index in [0.29, 0.717) is 0 Å². The van der Waals surface area contributed by atoms with Crippen molar-refractivity contribution in [3.8, 4) is 5.75 Å². The molecule has 2 rings (SSSR count). The van der Waals surface area contributed by atoms with Crippen molar-refractivity contribution in [1.29, 1.82) is 0 Å². The largest absolute Gasteiger partial charge is 0.506 e. The Morgan fingerprint density at radius 1 is 1.05 bits per heavy atom. The molecule has 0 atom stereocenters. The molecule has 2 amide bonds. The van der Waals surface area contributed by atoms with Crippen LogP contribution in [-0.4, -0.2) is 29.9 Å². The number of amides is 2. The molecule has 0 fully saturated rings. The monoisotopic (exact) mass is 310 g/mol. The molecule has 0 saturated heterocycles. The zero-order chi connectivity index (χ0) is 15.9. The maximum atomic E-state index is 11.4. The zero-order valence-electron chi connectivity index (χ0n) is 10.4. The highest BCUT2D eigenvalue weighted by Crippen LogP contribution is 2.32. The standard InChI is InChI=1S/C12H10N2O6S/c13-11(16)8-4-5-3-6(21(18,19)20)1-2-7(5)9(10(8)15)12(14)17/h1-4,15H,(H2,13,16)(H2,14,17)(H,18,19,20). The topological polar surface area (TPSA) is 161 Å². The number of fused-ring (bicyclic) bond motifs is 1. The van der Waals surface area contributed by atoms with E-state index in [4.69, 9.17) is 16.0 Å². The lowest BCUT2D eigenvalue weighted by Crippen LogP contribution is -2.16. The molecule has 21 heavy (non-hydrogen) atoms. The summed E-state index contributed by atoms with van der Waals surface area (Å²) in [6.07, 6.45) is 0. The molecular weight excluding hydrogens is 300 g/mol. The van der Waals surface area contributed by atoms with Crippen molar-refractivity contribution >= 4 is 32.7 Å². The van der Waals surface area contributed by atoms with Crippen LogP contribution in [0.1, 0.15) is 20.7 Å². The highest BCUT2D eigenvalue weighted by Gasteiger charge is 2.21. The van der Waals surface area contributed by atoms with E-state index in [1.54, 1.807) is 0 Å². The Morgan fingerprint density at radius 2 is 1.67 bits per heavy atom. The highest BCUT2D eigenvalue weighted by molar-refractivity contribution is 7.85. The number of benzene rings is 2. The molecular formula is C12H10N2O6S. The summed E-state index contributed by atoms with van der Waals surface area (Å²) in [6.45, 7) is 0. The molecule has 2 aromatic carbocycles. The SMILES string of the molecule is NC(=O)c1cc2cc(S(=O)(=O)O)ccc2c(C(N)=O)c1O. The third kappa shape index (κ3) is 2.51. The highest BCUT2D eigenvalue weighted by atomic mass is 32.2. The second kappa shape index (κ2) is 4.72. The molecule has 0 radical (unpaired) electrons. The van der Waals surface area contributed by atoms with Gasteiger partial charge in [-0.05, 0) is 29.0 Å².